The predicted molar refractivity (Wildman–Crippen MR) is 67.2 cm³/mol. The Morgan fingerprint density at radius 1 is 1.38 bits per heavy atom. The van der Waals surface area contributed by atoms with Crippen molar-refractivity contribution in [3.63, 3.8) is 0 Å². The summed E-state index contributed by atoms with van der Waals surface area (Å²) in [6.07, 6.45) is 1.13. The van der Waals surface area contributed by atoms with Gasteiger partial charge in [0.05, 0.1) is 0 Å². The number of rotatable bonds is 2. The molecule has 0 bridgehead atoms. The molecule has 88 valence electrons. The molecule has 1 fully saturated rings. The van der Waals surface area contributed by atoms with Crippen molar-refractivity contribution in [2.45, 2.75) is 39.0 Å². The summed E-state index contributed by atoms with van der Waals surface area (Å²) in [7, 11) is 0. The Hall–Kier alpha value is -1.02. The van der Waals surface area contributed by atoms with Crippen LogP contribution in [0.25, 0.3) is 0 Å². The van der Waals surface area contributed by atoms with Crippen LogP contribution in [0.3, 0.4) is 0 Å². The molecule has 1 aromatic rings. The normalized spacial score (nSPS) is 20.6. The van der Waals surface area contributed by atoms with Crippen LogP contribution in [0.15, 0.2) is 12.1 Å². The molecule has 2 heteroatoms. The summed E-state index contributed by atoms with van der Waals surface area (Å²) in [5, 5.41) is 13.4. The highest BCUT2D eigenvalue weighted by atomic mass is 16.3. The Kier molecular flexibility index (Phi) is 3.20. The van der Waals surface area contributed by atoms with Gasteiger partial charge >= 0.3 is 0 Å². The number of nitrogens with one attached hydrogen (secondary N) is 1. The Balaban J connectivity index is 2.40. The Morgan fingerprint density at radius 2 is 2.12 bits per heavy atom. The highest BCUT2D eigenvalue weighted by molar-refractivity contribution is 5.44. The van der Waals surface area contributed by atoms with E-state index in [0.717, 1.165) is 25.1 Å². The lowest BCUT2D eigenvalue weighted by atomic mass is 9.89. The Bertz CT molecular complexity index is 379. The number of phenols is 1. The van der Waals surface area contributed by atoms with E-state index in [2.05, 4.69) is 32.2 Å². The molecule has 0 spiro atoms. The molecule has 1 saturated heterocycles. The summed E-state index contributed by atoms with van der Waals surface area (Å²) < 4.78 is 0. The second-order valence-electron chi connectivity index (χ2n) is 5.11. The van der Waals surface area contributed by atoms with Gasteiger partial charge in [-0.05, 0) is 48.6 Å². The van der Waals surface area contributed by atoms with E-state index in [9.17, 15) is 5.11 Å². The van der Waals surface area contributed by atoms with Crippen LogP contribution in [-0.2, 0) is 0 Å². The van der Waals surface area contributed by atoms with E-state index in [4.69, 9.17) is 0 Å². The first-order chi connectivity index (χ1) is 7.59. The van der Waals surface area contributed by atoms with Crippen molar-refractivity contribution in [2.75, 3.05) is 13.1 Å². The summed E-state index contributed by atoms with van der Waals surface area (Å²) in [6.45, 7) is 8.54. The molecule has 2 nitrogen and oxygen atoms in total. The van der Waals surface area contributed by atoms with Crippen molar-refractivity contribution < 1.29 is 5.11 Å². The monoisotopic (exact) mass is 219 g/mol. The molecule has 1 aliphatic heterocycles. The number of aryl methyl sites for hydroxylation is 1. The predicted octanol–water partition coefficient (Wildman–Crippen LogP) is 2.90. The first-order valence-electron chi connectivity index (χ1n) is 6.13. The second-order valence-corrected chi connectivity index (χ2v) is 5.11. The van der Waals surface area contributed by atoms with Crippen molar-refractivity contribution in [1.82, 2.24) is 5.32 Å². The maximum Gasteiger partial charge on any atom is 0.119 e. The van der Waals surface area contributed by atoms with Crippen LogP contribution < -0.4 is 5.32 Å². The molecule has 0 aliphatic carbocycles. The van der Waals surface area contributed by atoms with Gasteiger partial charge in [0.2, 0.25) is 0 Å². The van der Waals surface area contributed by atoms with Crippen LogP contribution >= 0.6 is 0 Å². The SMILES string of the molecule is Cc1cc(O)c(C2CCNC2)cc1C(C)C. The van der Waals surface area contributed by atoms with E-state index in [1.54, 1.807) is 0 Å². The van der Waals surface area contributed by atoms with Gasteiger partial charge < -0.3 is 10.4 Å². The van der Waals surface area contributed by atoms with Gasteiger partial charge in [-0.2, -0.15) is 0 Å². The third-order valence-electron chi connectivity index (χ3n) is 3.54. The molecule has 0 saturated carbocycles. The molecule has 2 N–H and O–H groups in total. The van der Waals surface area contributed by atoms with Gasteiger partial charge in [0.25, 0.3) is 0 Å². The first kappa shape index (κ1) is 11.5. The minimum atomic E-state index is 0.468. The third kappa shape index (κ3) is 2.07. The Morgan fingerprint density at radius 3 is 2.69 bits per heavy atom. The van der Waals surface area contributed by atoms with Crippen LogP contribution in [0.4, 0.5) is 0 Å². The molecule has 2 rings (SSSR count). The summed E-state index contributed by atoms with van der Waals surface area (Å²) >= 11 is 0. The van der Waals surface area contributed by atoms with E-state index in [1.807, 2.05) is 6.07 Å². The van der Waals surface area contributed by atoms with Gasteiger partial charge in [-0.15, -0.1) is 0 Å². The summed E-state index contributed by atoms with van der Waals surface area (Å²) in [4.78, 5) is 0. The average molecular weight is 219 g/mol. The van der Waals surface area contributed by atoms with Crippen molar-refractivity contribution in [3.05, 3.63) is 28.8 Å². The van der Waals surface area contributed by atoms with Crippen molar-refractivity contribution in [3.8, 4) is 5.75 Å². The number of benzene rings is 1. The van der Waals surface area contributed by atoms with Gasteiger partial charge in [0.15, 0.2) is 0 Å². The van der Waals surface area contributed by atoms with Crippen LogP contribution in [0.1, 0.15) is 48.8 Å². The lowest BCUT2D eigenvalue weighted by Crippen LogP contribution is -2.08. The Labute approximate surface area is 97.7 Å². The van der Waals surface area contributed by atoms with E-state index in [-0.39, 0.29) is 0 Å². The van der Waals surface area contributed by atoms with Crippen LogP contribution in [0.5, 0.6) is 5.75 Å². The quantitative estimate of drug-likeness (QED) is 0.801. The molecule has 16 heavy (non-hydrogen) atoms. The fraction of sp³-hybridized carbons (Fsp3) is 0.571. The molecule has 1 aromatic carbocycles. The van der Waals surface area contributed by atoms with Crippen molar-refractivity contribution in [1.29, 1.82) is 0 Å². The molecular weight excluding hydrogens is 198 g/mol. The van der Waals surface area contributed by atoms with Crippen molar-refractivity contribution in [2.24, 2.45) is 0 Å². The fourth-order valence-corrected chi connectivity index (χ4v) is 2.60. The lowest BCUT2D eigenvalue weighted by molar-refractivity contribution is 0.461. The highest BCUT2D eigenvalue weighted by Crippen LogP contribution is 2.34. The van der Waals surface area contributed by atoms with E-state index < -0.39 is 0 Å². The van der Waals surface area contributed by atoms with Gasteiger partial charge in [0, 0.05) is 12.5 Å². The summed E-state index contributed by atoms with van der Waals surface area (Å²) in [5.41, 5.74) is 3.68. The number of hydrogen-bond acceptors (Lipinski definition) is 2. The van der Waals surface area contributed by atoms with Crippen LogP contribution in [-0.4, -0.2) is 18.2 Å². The van der Waals surface area contributed by atoms with Crippen LogP contribution in [0.2, 0.25) is 0 Å². The van der Waals surface area contributed by atoms with Gasteiger partial charge in [-0.3, -0.25) is 0 Å². The number of phenolic OH excluding ortho intramolecular Hbond substituents is 1. The topological polar surface area (TPSA) is 32.3 Å². The molecule has 0 radical (unpaired) electrons. The molecule has 1 atom stereocenters. The largest absolute Gasteiger partial charge is 0.508 e. The van der Waals surface area contributed by atoms with Gasteiger partial charge in [-0.1, -0.05) is 19.9 Å². The molecule has 1 heterocycles. The van der Waals surface area contributed by atoms with Crippen LogP contribution in [0, 0.1) is 6.92 Å². The standard InChI is InChI=1S/C14H21NO/c1-9(2)12-7-13(11-4-5-15-8-11)14(16)6-10(12)3/h6-7,9,11,15-16H,4-5,8H2,1-3H3. The van der Waals surface area contributed by atoms with Crippen molar-refractivity contribution >= 4 is 0 Å². The highest BCUT2D eigenvalue weighted by Gasteiger charge is 2.21. The van der Waals surface area contributed by atoms with E-state index in [0.29, 0.717) is 17.6 Å². The maximum absolute atomic E-state index is 10.0. The summed E-state index contributed by atoms with van der Waals surface area (Å²) in [6, 6.07) is 4.12. The minimum absolute atomic E-state index is 0.468. The number of aromatic hydroxyl groups is 1. The minimum Gasteiger partial charge on any atom is -0.508 e. The van der Waals surface area contributed by atoms with Gasteiger partial charge in [0.1, 0.15) is 5.75 Å². The third-order valence-corrected chi connectivity index (χ3v) is 3.54. The molecule has 1 unspecified atom stereocenters. The second kappa shape index (κ2) is 4.46. The lowest BCUT2D eigenvalue weighted by Gasteiger charge is -2.17. The van der Waals surface area contributed by atoms with E-state index >= 15 is 0 Å². The molecule has 0 aromatic heterocycles. The average Bonchev–Trinajstić information content (AvgIpc) is 2.70. The molecular formula is C14H21NO. The zero-order valence-electron chi connectivity index (χ0n) is 10.4. The van der Waals surface area contributed by atoms with Gasteiger partial charge in [-0.25, -0.2) is 0 Å². The maximum atomic E-state index is 10.0. The van der Waals surface area contributed by atoms with E-state index in [1.165, 1.54) is 11.1 Å². The summed E-state index contributed by atoms with van der Waals surface area (Å²) in [5.74, 6) is 1.47. The smallest absolute Gasteiger partial charge is 0.119 e. The first-order valence-corrected chi connectivity index (χ1v) is 6.13. The molecule has 1 aliphatic rings. The fourth-order valence-electron chi connectivity index (χ4n) is 2.60. The zero-order valence-corrected chi connectivity index (χ0v) is 10.4. The molecule has 0 amide bonds. The number of hydrogen-bond donors (Lipinski definition) is 2. The zero-order chi connectivity index (χ0) is 11.7.